The number of hydrogen-bond donors (Lipinski definition) is 1. The SMILES string of the molecule is CCCNC1CCCC1S(=O)(=O)Cc1cccc(C)c1. The minimum atomic E-state index is -3.07. The number of benzene rings is 1. The summed E-state index contributed by atoms with van der Waals surface area (Å²) in [5.74, 6) is 0.170. The molecule has 2 rings (SSSR count). The summed E-state index contributed by atoms with van der Waals surface area (Å²) >= 11 is 0. The monoisotopic (exact) mass is 295 g/mol. The van der Waals surface area contributed by atoms with Crippen LogP contribution in [-0.2, 0) is 15.6 Å². The highest BCUT2D eigenvalue weighted by Crippen LogP contribution is 2.28. The predicted octanol–water partition coefficient (Wildman–Crippen LogP) is 2.83. The Kier molecular flexibility index (Phi) is 5.22. The van der Waals surface area contributed by atoms with Crippen molar-refractivity contribution in [1.82, 2.24) is 5.32 Å². The van der Waals surface area contributed by atoms with Crippen molar-refractivity contribution in [3.63, 3.8) is 0 Å². The third-order valence-electron chi connectivity index (χ3n) is 4.02. The summed E-state index contributed by atoms with van der Waals surface area (Å²) < 4.78 is 25.3. The van der Waals surface area contributed by atoms with E-state index in [1.165, 1.54) is 0 Å². The van der Waals surface area contributed by atoms with Gasteiger partial charge >= 0.3 is 0 Å². The second kappa shape index (κ2) is 6.72. The topological polar surface area (TPSA) is 46.2 Å². The molecule has 1 aliphatic carbocycles. The van der Waals surface area contributed by atoms with Crippen LogP contribution in [0.25, 0.3) is 0 Å². The molecule has 1 saturated carbocycles. The maximum absolute atomic E-state index is 12.6. The van der Waals surface area contributed by atoms with Crippen molar-refractivity contribution >= 4 is 9.84 Å². The maximum Gasteiger partial charge on any atom is 0.158 e. The first-order valence-electron chi connectivity index (χ1n) is 7.53. The summed E-state index contributed by atoms with van der Waals surface area (Å²) in [6, 6.07) is 7.96. The Labute approximate surface area is 122 Å². The van der Waals surface area contributed by atoms with Gasteiger partial charge in [-0.2, -0.15) is 0 Å². The van der Waals surface area contributed by atoms with Gasteiger partial charge in [-0.05, 0) is 38.3 Å². The number of hydrogen-bond acceptors (Lipinski definition) is 3. The second-order valence-corrected chi connectivity index (χ2v) is 8.05. The van der Waals surface area contributed by atoms with Gasteiger partial charge in [0, 0.05) is 6.04 Å². The van der Waals surface area contributed by atoms with Gasteiger partial charge < -0.3 is 5.32 Å². The Morgan fingerprint density at radius 1 is 1.30 bits per heavy atom. The Balaban J connectivity index is 2.09. The van der Waals surface area contributed by atoms with E-state index in [0.717, 1.165) is 43.4 Å². The fraction of sp³-hybridized carbons (Fsp3) is 0.625. The van der Waals surface area contributed by atoms with Gasteiger partial charge in [0.1, 0.15) is 0 Å². The van der Waals surface area contributed by atoms with E-state index in [1.807, 2.05) is 31.2 Å². The van der Waals surface area contributed by atoms with Crippen LogP contribution < -0.4 is 5.32 Å². The average molecular weight is 295 g/mol. The van der Waals surface area contributed by atoms with Crippen LogP contribution in [0, 0.1) is 6.92 Å². The minimum absolute atomic E-state index is 0.143. The van der Waals surface area contributed by atoms with Crippen molar-refractivity contribution in [1.29, 1.82) is 0 Å². The molecule has 0 aliphatic heterocycles. The molecule has 0 saturated heterocycles. The van der Waals surface area contributed by atoms with Crippen molar-refractivity contribution in [3.8, 4) is 0 Å². The molecule has 0 heterocycles. The van der Waals surface area contributed by atoms with E-state index < -0.39 is 9.84 Å². The largest absolute Gasteiger partial charge is 0.313 e. The summed E-state index contributed by atoms with van der Waals surface area (Å²) in [5, 5.41) is 3.19. The van der Waals surface area contributed by atoms with Gasteiger partial charge in [0.05, 0.1) is 11.0 Å². The highest BCUT2D eigenvalue weighted by molar-refractivity contribution is 7.91. The van der Waals surface area contributed by atoms with Crippen molar-refractivity contribution in [2.75, 3.05) is 6.54 Å². The number of aryl methyl sites for hydroxylation is 1. The van der Waals surface area contributed by atoms with Crippen LogP contribution in [0.3, 0.4) is 0 Å². The molecule has 2 unspecified atom stereocenters. The summed E-state index contributed by atoms with van der Waals surface area (Å²) in [4.78, 5) is 0. The van der Waals surface area contributed by atoms with E-state index in [1.54, 1.807) is 0 Å². The first-order chi connectivity index (χ1) is 9.53. The van der Waals surface area contributed by atoms with Crippen molar-refractivity contribution in [2.24, 2.45) is 0 Å². The molecule has 0 spiro atoms. The van der Waals surface area contributed by atoms with Crippen LogP contribution >= 0.6 is 0 Å². The van der Waals surface area contributed by atoms with Crippen LogP contribution in [0.4, 0.5) is 0 Å². The lowest BCUT2D eigenvalue weighted by atomic mass is 10.2. The van der Waals surface area contributed by atoms with Gasteiger partial charge in [-0.3, -0.25) is 0 Å². The molecule has 0 radical (unpaired) electrons. The number of rotatable bonds is 6. The third-order valence-corrected chi connectivity index (χ3v) is 6.24. The molecule has 1 aliphatic rings. The number of sulfone groups is 1. The molecular weight excluding hydrogens is 270 g/mol. The fourth-order valence-electron chi connectivity index (χ4n) is 3.06. The van der Waals surface area contributed by atoms with Gasteiger partial charge in [0.2, 0.25) is 0 Å². The predicted molar refractivity (Wildman–Crippen MR) is 83.5 cm³/mol. The first-order valence-corrected chi connectivity index (χ1v) is 9.25. The minimum Gasteiger partial charge on any atom is -0.313 e. The lowest BCUT2D eigenvalue weighted by Crippen LogP contribution is -2.41. The molecule has 3 nitrogen and oxygen atoms in total. The van der Waals surface area contributed by atoms with Gasteiger partial charge in [-0.25, -0.2) is 8.42 Å². The molecule has 1 N–H and O–H groups in total. The molecule has 0 bridgehead atoms. The van der Waals surface area contributed by atoms with E-state index in [9.17, 15) is 8.42 Å². The zero-order valence-electron chi connectivity index (χ0n) is 12.4. The zero-order valence-corrected chi connectivity index (χ0v) is 13.2. The molecule has 4 heteroatoms. The van der Waals surface area contributed by atoms with Crippen LogP contribution in [0.2, 0.25) is 0 Å². The normalized spacial score (nSPS) is 23.1. The Bertz CT molecular complexity index is 539. The second-order valence-electron chi connectivity index (χ2n) is 5.83. The molecule has 20 heavy (non-hydrogen) atoms. The lowest BCUT2D eigenvalue weighted by Gasteiger charge is -2.21. The summed E-state index contributed by atoms with van der Waals surface area (Å²) in [7, 11) is -3.07. The van der Waals surface area contributed by atoms with Gasteiger partial charge in [-0.15, -0.1) is 0 Å². The Morgan fingerprint density at radius 3 is 2.80 bits per heavy atom. The van der Waals surface area contributed by atoms with Crippen LogP contribution in [-0.4, -0.2) is 26.3 Å². The molecule has 1 aromatic rings. The zero-order chi connectivity index (χ0) is 14.6. The molecular formula is C16H25NO2S. The van der Waals surface area contributed by atoms with Gasteiger partial charge in [0.15, 0.2) is 9.84 Å². The quantitative estimate of drug-likeness (QED) is 0.878. The smallest absolute Gasteiger partial charge is 0.158 e. The average Bonchev–Trinajstić information content (AvgIpc) is 2.85. The summed E-state index contributed by atoms with van der Waals surface area (Å²) in [5.41, 5.74) is 2.02. The molecule has 1 aromatic carbocycles. The maximum atomic E-state index is 12.6. The van der Waals surface area contributed by atoms with Crippen molar-refractivity contribution < 1.29 is 8.42 Å². The van der Waals surface area contributed by atoms with Gasteiger partial charge in [0.25, 0.3) is 0 Å². The third kappa shape index (κ3) is 3.83. The van der Waals surface area contributed by atoms with Crippen LogP contribution in [0.5, 0.6) is 0 Å². The molecule has 0 aromatic heterocycles. The fourth-order valence-corrected chi connectivity index (χ4v) is 5.18. The molecule has 112 valence electrons. The molecule has 1 fully saturated rings. The number of nitrogens with one attached hydrogen (secondary N) is 1. The van der Waals surface area contributed by atoms with Crippen LogP contribution in [0.1, 0.15) is 43.7 Å². The Hall–Kier alpha value is -0.870. The van der Waals surface area contributed by atoms with Crippen molar-refractivity contribution in [2.45, 2.75) is 56.6 Å². The summed E-state index contributed by atoms with van der Waals surface area (Å²) in [6.45, 7) is 5.01. The highest BCUT2D eigenvalue weighted by Gasteiger charge is 2.36. The van der Waals surface area contributed by atoms with E-state index in [0.29, 0.717) is 0 Å². The van der Waals surface area contributed by atoms with E-state index in [2.05, 4.69) is 12.2 Å². The van der Waals surface area contributed by atoms with E-state index in [4.69, 9.17) is 0 Å². The standard InChI is InChI=1S/C16H25NO2S/c1-3-10-17-15-8-5-9-16(15)20(18,19)12-14-7-4-6-13(2)11-14/h4,6-7,11,15-17H,3,5,8-10,12H2,1-2H3. The van der Waals surface area contributed by atoms with E-state index >= 15 is 0 Å². The molecule has 2 atom stereocenters. The Morgan fingerprint density at radius 2 is 2.10 bits per heavy atom. The van der Waals surface area contributed by atoms with Crippen LogP contribution in [0.15, 0.2) is 24.3 Å². The van der Waals surface area contributed by atoms with Crippen molar-refractivity contribution in [3.05, 3.63) is 35.4 Å². The molecule has 0 amide bonds. The lowest BCUT2D eigenvalue weighted by molar-refractivity contribution is 0.504. The first kappa shape index (κ1) is 15.5. The summed E-state index contributed by atoms with van der Waals surface area (Å²) in [6.07, 6.45) is 3.84. The van der Waals surface area contributed by atoms with E-state index in [-0.39, 0.29) is 17.0 Å². The highest BCUT2D eigenvalue weighted by atomic mass is 32.2. The van der Waals surface area contributed by atoms with Gasteiger partial charge in [-0.1, -0.05) is 43.2 Å².